The lowest BCUT2D eigenvalue weighted by atomic mass is 10.0. The van der Waals surface area contributed by atoms with Crippen molar-refractivity contribution in [3.05, 3.63) is 0 Å². The number of nitrogens with zero attached hydrogens (tertiary/aromatic N) is 1. The summed E-state index contributed by atoms with van der Waals surface area (Å²) in [6, 6.07) is 0. The van der Waals surface area contributed by atoms with E-state index in [1.807, 2.05) is 30.5 Å². The Balaban J connectivity index is 2.01. The average molecular weight is 278 g/mol. The molecule has 2 aliphatic heterocycles. The predicted octanol–water partition coefficient (Wildman–Crippen LogP) is 1.98. The minimum absolute atomic E-state index is 0.0292. The maximum atomic E-state index is 12.4. The highest BCUT2D eigenvalue weighted by molar-refractivity contribution is 7.99. The fourth-order valence-electron chi connectivity index (χ4n) is 2.53. The summed E-state index contributed by atoms with van der Waals surface area (Å²) in [6.45, 7) is 5.37. The van der Waals surface area contributed by atoms with Crippen molar-refractivity contribution in [1.82, 2.24) is 4.90 Å². The number of morpholine rings is 1. The Kier molecular flexibility index (Phi) is 4.26. The van der Waals surface area contributed by atoms with Gasteiger partial charge in [-0.2, -0.15) is 11.8 Å². The van der Waals surface area contributed by atoms with Crippen molar-refractivity contribution in [2.75, 3.05) is 30.5 Å². The minimum Gasteiger partial charge on any atom is -0.367 e. The molecule has 5 heteroatoms. The summed E-state index contributed by atoms with van der Waals surface area (Å²) in [5.74, 6) is 3.05. The van der Waals surface area contributed by atoms with Gasteiger partial charge in [0.15, 0.2) is 0 Å². The number of hydrogen-bond acceptors (Lipinski definition) is 3. The highest BCUT2D eigenvalue weighted by Crippen LogP contribution is 2.28. The number of halogens is 1. The van der Waals surface area contributed by atoms with Crippen LogP contribution < -0.4 is 0 Å². The van der Waals surface area contributed by atoms with Gasteiger partial charge in [-0.05, 0) is 26.0 Å². The van der Waals surface area contributed by atoms with E-state index in [1.54, 1.807) is 0 Å². The zero-order valence-electron chi connectivity index (χ0n) is 10.4. The number of alkyl halides is 1. The van der Waals surface area contributed by atoms with Gasteiger partial charge in [-0.15, -0.1) is 11.6 Å². The number of ether oxygens (including phenoxy) is 1. The summed E-state index contributed by atoms with van der Waals surface area (Å²) < 4.78 is 5.83. The molecular formula is C12H20ClNO2S. The quantitative estimate of drug-likeness (QED) is 0.723. The number of rotatable bonds is 2. The fourth-order valence-corrected chi connectivity index (χ4v) is 3.90. The SMILES string of the molecule is CC1(C)CN(C(=O)C2CCSC2)CC(CCl)O1. The number of carbonyl (C=O) groups is 1. The lowest BCUT2D eigenvalue weighted by Crippen LogP contribution is -2.56. The van der Waals surface area contributed by atoms with Crippen LogP contribution in [-0.4, -0.2) is 53.0 Å². The maximum Gasteiger partial charge on any atom is 0.226 e. The highest BCUT2D eigenvalue weighted by Gasteiger charge is 2.37. The second-order valence-electron chi connectivity index (χ2n) is 5.43. The number of hydrogen-bond donors (Lipinski definition) is 0. The van der Waals surface area contributed by atoms with Crippen LogP contribution in [0, 0.1) is 5.92 Å². The van der Waals surface area contributed by atoms with Crippen molar-refractivity contribution in [2.24, 2.45) is 5.92 Å². The van der Waals surface area contributed by atoms with Crippen molar-refractivity contribution >= 4 is 29.3 Å². The van der Waals surface area contributed by atoms with E-state index < -0.39 is 0 Å². The Bertz CT molecular complexity index is 292. The van der Waals surface area contributed by atoms with E-state index in [-0.39, 0.29) is 17.6 Å². The first-order valence-corrected chi connectivity index (χ1v) is 7.81. The molecule has 0 spiro atoms. The van der Waals surface area contributed by atoms with Gasteiger partial charge in [0.25, 0.3) is 0 Å². The molecule has 0 aliphatic carbocycles. The molecule has 0 aromatic carbocycles. The topological polar surface area (TPSA) is 29.5 Å². The molecule has 0 aromatic heterocycles. The average Bonchev–Trinajstić information content (AvgIpc) is 2.79. The number of amides is 1. The summed E-state index contributed by atoms with van der Waals surface area (Å²) >= 11 is 7.75. The molecule has 2 atom stereocenters. The van der Waals surface area contributed by atoms with Gasteiger partial charge in [-0.25, -0.2) is 0 Å². The second kappa shape index (κ2) is 5.37. The summed E-state index contributed by atoms with van der Waals surface area (Å²) in [5, 5.41) is 0. The smallest absolute Gasteiger partial charge is 0.226 e. The molecule has 0 aromatic rings. The van der Waals surface area contributed by atoms with E-state index in [4.69, 9.17) is 16.3 Å². The van der Waals surface area contributed by atoms with Gasteiger partial charge in [0.1, 0.15) is 0 Å². The summed E-state index contributed by atoms with van der Waals surface area (Å²) in [6.07, 6.45) is 0.991. The van der Waals surface area contributed by atoms with Gasteiger partial charge in [0, 0.05) is 24.8 Å². The van der Waals surface area contributed by atoms with Crippen LogP contribution in [0.3, 0.4) is 0 Å². The van der Waals surface area contributed by atoms with Crippen LogP contribution in [0.1, 0.15) is 20.3 Å². The molecule has 98 valence electrons. The molecule has 2 heterocycles. The molecule has 0 radical (unpaired) electrons. The van der Waals surface area contributed by atoms with E-state index in [9.17, 15) is 4.79 Å². The molecule has 2 aliphatic rings. The van der Waals surface area contributed by atoms with Gasteiger partial charge in [0.2, 0.25) is 5.91 Å². The first-order valence-electron chi connectivity index (χ1n) is 6.12. The Hall–Kier alpha value is 0.0700. The zero-order chi connectivity index (χ0) is 12.5. The van der Waals surface area contributed by atoms with Crippen LogP contribution in [0.4, 0.5) is 0 Å². The number of thioether (sulfide) groups is 1. The third-order valence-electron chi connectivity index (χ3n) is 3.24. The Morgan fingerprint density at radius 2 is 2.35 bits per heavy atom. The molecule has 3 nitrogen and oxygen atoms in total. The van der Waals surface area contributed by atoms with Crippen molar-refractivity contribution in [1.29, 1.82) is 0 Å². The molecule has 2 fully saturated rings. The van der Waals surface area contributed by atoms with Gasteiger partial charge < -0.3 is 9.64 Å². The van der Waals surface area contributed by atoms with Crippen molar-refractivity contribution in [3.8, 4) is 0 Å². The van der Waals surface area contributed by atoms with E-state index in [0.717, 1.165) is 17.9 Å². The minimum atomic E-state index is -0.279. The van der Waals surface area contributed by atoms with Crippen molar-refractivity contribution in [2.45, 2.75) is 32.0 Å². The van der Waals surface area contributed by atoms with Crippen LogP contribution in [0.2, 0.25) is 0 Å². The maximum absolute atomic E-state index is 12.4. The molecule has 2 rings (SSSR count). The van der Waals surface area contributed by atoms with E-state index in [1.165, 1.54) is 0 Å². The Labute approximate surface area is 112 Å². The first-order chi connectivity index (χ1) is 8.02. The van der Waals surface area contributed by atoms with Crippen molar-refractivity contribution < 1.29 is 9.53 Å². The lowest BCUT2D eigenvalue weighted by Gasteiger charge is -2.43. The van der Waals surface area contributed by atoms with Gasteiger partial charge in [-0.1, -0.05) is 0 Å². The lowest BCUT2D eigenvalue weighted by molar-refractivity contribution is -0.160. The number of carbonyl (C=O) groups excluding carboxylic acids is 1. The van der Waals surface area contributed by atoms with Crippen LogP contribution >= 0.6 is 23.4 Å². The monoisotopic (exact) mass is 277 g/mol. The highest BCUT2D eigenvalue weighted by atomic mass is 35.5. The van der Waals surface area contributed by atoms with E-state index >= 15 is 0 Å². The summed E-state index contributed by atoms with van der Waals surface area (Å²) in [4.78, 5) is 14.3. The predicted molar refractivity (Wildman–Crippen MR) is 71.7 cm³/mol. The first kappa shape index (κ1) is 13.5. The van der Waals surface area contributed by atoms with Crippen LogP contribution in [0.25, 0.3) is 0 Å². The molecule has 0 bridgehead atoms. The molecular weight excluding hydrogens is 258 g/mol. The van der Waals surface area contributed by atoms with Gasteiger partial charge in [-0.3, -0.25) is 4.79 Å². The molecule has 1 amide bonds. The van der Waals surface area contributed by atoms with Gasteiger partial charge in [0.05, 0.1) is 17.6 Å². The Morgan fingerprint density at radius 3 is 2.94 bits per heavy atom. The largest absolute Gasteiger partial charge is 0.367 e. The third-order valence-corrected chi connectivity index (χ3v) is 4.75. The van der Waals surface area contributed by atoms with E-state index in [0.29, 0.717) is 24.9 Å². The Morgan fingerprint density at radius 1 is 1.59 bits per heavy atom. The molecule has 0 saturated carbocycles. The third kappa shape index (κ3) is 3.30. The van der Waals surface area contributed by atoms with Crippen LogP contribution in [0.15, 0.2) is 0 Å². The zero-order valence-corrected chi connectivity index (χ0v) is 12.0. The normalized spacial score (nSPS) is 32.8. The summed E-state index contributed by atoms with van der Waals surface area (Å²) in [7, 11) is 0. The van der Waals surface area contributed by atoms with Gasteiger partial charge >= 0.3 is 0 Å². The molecule has 17 heavy (non-hydrogen) atoms. The standard InChI is InChI=1S/C12H20ClNO2S/c1-12(2)8-14(6-10(5-13)16-12)11(15)9-3-4-17-7-9/h9-10H,3-8H2,1-2H3. The fraction of sp³-hybridized carbons (Fsp3) is 0.917. The van der Waals surface area contributed by atoms with Crippen molar-refractivity contribution in [3.63, 3.8) is 0 Å². The summed E-state index contributed by atoms with van der Waals surface area (Å²) in [5.41, 5.74) is -0.279. The molecule has 2 saturated heterocycles. The van der Waals surface area contributed by atoms with Crippen LogP contribution in [0.5, 0.6) is 0 Å². The molecule has 0 N–H and O–H groups in total. The second-order valence-corrected chi connectivity index (χ2v) is 6.89. The molecule has 2 unspecified atom stereocenters. The van der Waals surface area contributed by atoms with Crippen LogP contribution in [-0.2, 0) is 9.53 Å². The van der Waals surface area contributed by atoms with E-state index in [2.05, 4.69) is 0 Å².